The molecule has 0 saturated carbocycles. The molecule has 0 fully saturated rings. The van der Waals surface area contributed by atoms with E-state index in [2.05, 4.69) is 5.32 Å². The van der Waals surface area contributed by atoms with Crippen LogP contribution in [-0.4, -0.2) is 35.7 Å². The van der Waals surface area contributed by atoms with E-state index in [-0.39, 0.29) is 12.6 Å². The number of benzene rings is 1. The van der Waals surface area contributed by atoms with Crippen LogP contribution in [0.5, 0.6) is 0 Å². The zero-order chi connectivity index (χ0) is 13.4. The van der Waals surface area contributed by atoms with E-state index < -0.39 is 0 Å². The number of urea groups is 1. The number of carbonyl (C=O) groups excluding carboxylic acids is 1. The van der Waals surface area contributed by atoms with Gasteiger partial charge >= 0.3 is 6.03 Å². The smallest absolute Gasteiger partial charge is 0.321 e. The first-order chi connectivity index (χ1) is 8.69. The van der Waals surface area contributed by atoms with E-state index in [0.29, 0.717) is 18.1 Å². The maximum absolute atomic E-state index is 11.7. The molecule has 0 atom stereocenters. The number of nitrogens with zero attached hydrogens (tertiary/aromatic N) is 1. The predicted octanol–water partition coefficient (Wildman–Crippen LogP) is 2.33. The summed E-state index contributed by atoms with van der Waals surface area (Å²) in [5.41, 5.74) is 0.838. The molecule has 0 unspecified atom stereocenters. The second kappa shape index (κ2) is 7.74. The molecular weight excluding hydrogens is 252 g/mol. The van der Waals surface area contributed by atoms with Crippen LogP contribution in [0.25, 0.3) is 6.08 Å². The number of aliphatic hydroxyl groups is 1. The highest BCUT2D eigenvalue weighted by atomic mass is 35.5. The molecular formula is C13H17ClN2O2. The maximum atomic E-state index is 11.7. The molecule has 0 saturated heterocycles. The Morgan fingerprint density at radius 1 is 1.50 bits per heavy atom. The standard InChI is InChI=1S/C13H17ClN2O2/c1-2-16(9-10-17)13(18)15-8-7-11-5-3-4-6-12(11)14/h3-8,17H,2,9-10H2,1H3,(H,15,18)/b8-7+. The Labute approximate surface area is 112 Å². The predicted molar refractivity (Wildman–Crippen MR) is 73.4 cm³/mol. The molecule has 2 amide bonds. The van der Waals surface area contributed by atoms with Crippen LogP contribution in [0.2, 0.25) is 5.02 Å². The van der Waals surface area contributed by atoms with Gasteiger partial charge in [-0.3, -0.25) is 0 Å². The normalized spacial score (nSPS) is 10.6. The molecule has 1 aromatic carbocycles. The molecule has 0 bridgehead atoms. The molecule has 1 rings (SSSR count). The van der Waals surface area contributed by atoms with Crippen molar-refractivity contribution in [1.29, 1.82) is 0 Å². The fourth-order valence-corrected chi connectivity index (χ4v) is 1.63. The fraction of sp³-hybridized carbons (Fsp3) is 0.308. The van der Waals surface area contributed by atoms with Crippen molar-refractivity contribution in [2.45, 2.75) is 6.92 Å². The van der Waals surface area contributed by atoms with E-state index in [1.807, 2.05) is 25.1 Å². The summed E-state index contributed by atoms with van der Waals surface area (Å²) < 4.78 is 0. The van der Waals surface area contributed by atoms with Gasteiger partial charge in [0.25, 0.3) is 0 Å². The average molecular weight is 269 g/mol. The monoisotopic (exact) mass is 268 g/mol. The molecule has 0 radical (unpaired) electrons. The number of carbonyl (C=O) groups is 1. The van der Waals surface area contributed by atoms with Gasteiger partial charge in [-0.2, -0.15) is 0 Å². The third kappa shape index (κ3) is 4.39. The minimum Gasteiger partial charge on any atom is -0.395 e. The van der Waals surface area contributed by atoms with Crippen molar-refractivity contribution in [1.82, 2.24) is 10.2 Å². The fourth-order valence-electron chi connectivity index (χ4n) is 1.43. The summed E-state index contributed by atoms with van der Waals surface area (Å²) in [7, 11) is 0. The maximum Gasteiger partial charge on any atom is 0.321 e. The van der Waals surface area contributed by atoms with Crippen molar-refractivity contribution in [2.24, 2.45) is 0 Å². The highest BCUT2D eigenvalue weighted by Gasteiger charge is 2.07. The second-order valence-corrected chi connectivity index (χ2v) is 4.01. The largest absolute Gasteiger partial charge is 0.395 e. The van der Waals surface area contributed by atoms with Gasteiger partial charge < -0.3 is 15.3 Å². The Bertz CT molecular complexity index is 421. The zero-order valence-corrected chi connectivity index (χ0v) is 11.0. The lowest BCUT2D eigenvalue weighted by Crippen LogP contribution is -2.39. The van der Waals surface area contributed by atoms with E-state index in [0.717, 1.165) is 5.56 Å². The van der Waals surface area contributed by atoms with Crippen LogP contribution in [0.15, 0.2) is 30.5 Å². The van der Waals surface area contributed by atoms with Gasteiger partial charge in [0.2, 0.25) is 0 Å². The number of hydrogen-bond donors (Lipinski definition) is 2. The molecule has 1 aromatic rings. The second-order valence-electron chi connectivity index (χ2n) is 3.61. The molecule has 2 N–H and O–H groups in total. The van der Waals surface area contributed by atoms with Crippen LogP contribution in [0.4, 0.5) is 4.79 Å². The molecule has 0 spiro atoms. The van der Waals surface area contributed by atoms with Crippen molar-refractivity contribution in [3.8, 4) is 0 Å². The van der Waals surface area contributed by atoms with Crippen LogP contribution in [0, 0.1) is 0 Å². The number of likely N-dealkylation sites (N-methyl/N-ethyl adjacent to an activating group) is 1. The van der Waals surface area contributed by atoms with E-state index in [9.17, 15) is 4.79 Å². The van der Waals surface area contributed by atoms with Gasteiger partial charge in [0, 0.05) is 24.3 Å². The first-order valence-electron chi connectivity index (χ1n) is 5.76. The summed E-state index contributed by atoms with van der Waals surface area (Å²) in [5, 5.41) is 12.1. The van der Waals surface area contributed by atoms with Gasteiger partial charge in [0.05, 0.1) is 6.61 Å². The van der Waals surface area contributed by atoms with E-state index in [4.69, 9.17) is 16.7 Å². The zero-order valence-electron chi connectivity index (χ0n) is 10.3. The molecule has 5 heteroatoms. The number of hydrogen-bond acceptors (Lipinski definition) is 2. The number of aliphatic hydroxyl groups excluding tert-OH is 1. The Hall–Kier alpha value is -1.52. The summed E-state index contributed by atoms with van der Waals surface area (Å²) in [5.74, 6) is 0. The number of nitrogens with one attached hydrogen (secondary N) is 1. The molecule has 98 valence electrons. The lowest BCUT2D eigenvalue weighted by molar-refractivity contribution is 0.183. The third-order valence-electron chi connectivity index (χ3n) is 2.41. The van der Waals surface area contributed by atoms with Crippen molar-refractivity contribution in [3.63, 3.8) is 0 Å². The van der Waals surface area contributed by atoms with Crippen molar-refractivity contribution >= 4 is 23.7 Å². The molecule has 0 aliphatic carbocycles. The summed E-state index contributed by atoms with van der Waals surface area (Å²) >= 11 is 5.97. The summed E-state index contributed by atoms with van der Waals surface area (Å²) in [6.45, 7) is 2.68. The van der Waals surface area contributed by atoms with Crippen LogP contribution in [0.1, 0.15) is 12.5 Å². The average Bonchev–Trinajstić information content (AvgIpc) is 2.38. The quantitative estimate of drug-likeness (QED) is 0.861. The van der Waals surface area contributed by atoms with Crippen molar-refractivity contribution in [3.05, 3.63) is 41.1 Å². The summed E-state index contributed by atoms with van der Waals surface area (Å²) in [6.07, 6.45) is 3.27. The highest BCUT2D eigenvalue weighted by molar-refractivity contribution is 6.32. The third-order valence-corrected chi connectivity index (χ3v) is 2.76. The molecule has 18 heavy (non-hydrogen) atoms. The minimum absolute atomic E-state index is 0.0461. The van der Waals surface area contributed by atoms with Gasteiger partial charge in [-0.15, -0.1) is 0 Å². The summed E-state index contributed by atoms with van der Waals surface area (Å²) in [4.78, 5) is 13.2. The highest BCUT2D eigenvalue weighted by Crippen LogP contribution is 2.15. The lowest BCUT2D eigenvalue weighted by Gasteiger charge is -2.18. The number of rotatable bonds is 5. The van der Waals surface area contributed by atoms with Crippen LogP contribution in [0.3, 0.4) is 0 Å². The van der Waals surface area contributed by atoms with E-state index in [1.54, 1.807) is 18.3 Å². The molecule has 0 heterocycles. The van der Waals surface area contributed by atoms with Crippen LogP contribution < -0.4 is 5.32 Å². The minimum atomic E-state index is -0.241. The molecule has 0 aromatic heterocycles. The van der Waals surface area contributed by atoms with Gasteiger partial charge in [0.15, 0.2) is 0 Å². The molecule has 4 nitrogen and oxygen atoms in total. The van der Waals surface area contributed by atoms with Crippen LogP contribution >= 0.6 is 11.6 Å². The van der Waals surface area contributed by atoms with Gasteiger partial charge in [-0.1, -0.05) is 29.8 Å². The lowest BCUT2D eigenvalue weighted by atomic mass is 10.2. The van der Waals surface area contributed by atoms with Crippen molar-refractivity contribution in [2.75, 3.05) is 19.7 Å². The molecule has 0 aliphatic heterocycles. The van der Waals surface area contributed by atoms with E-state index >= 15 is 0 Å². The van der Waals surface area contributed by atoms with Crippen molar-refractivity contribution < 1.29 is 9.90 Å². The summed E-state index contributed by atoms with van der Waals surface area (Å²) in [6, 6.07) is 7.12. The Morgan fingerprint density at radius 3 is 2.83 bits per heavy atom. The first kappa shape index (κ1) is 14.5. The molecule has 0 aliphatic rings. The van der Waals surface area contributed by atoms with Gasteiger partial charge in [-0.05, 0) is 24.6 Å². The Balaban J connectivity index is 2.54. The number of halogens is 1. The Kier molecular flexibility index (Phi) is 6.25. The SMILES string of the molecule is CCN(CCO)C(=O)N/C=C/c1ccccc1Cl. The Morgan fingerprint density at radius 2 is 2.22 bits per heavy atom. The van der Waals surface area contributed by atoms with Gasteiger partial charge in [-0.25, -0.2) is 4.79 Å². The van der Waals surface area contributed by atoms with Crippen LogP contribution in [-0.2, 0) is 0 Å². The first-order valence-corrected chi connectivity index (χ1v) is 6.14. The van der Waals surface area contributed by atoms with Gasteiger partial charge in [0.1, 0.15) is 0 Å². The van der Waals surface area contributed by atoms with E-state index in [1.165, 1.54) is 4.90 Å². The number of amides is 2. The topological polar surface area (TPSA) is 52.6 Å².